The molecule has 0 aliphatic rings. The van der Waals surface area contributed by atoms with E-state index in [-0.39, 0.29) is 11.4 Å². The first-order valence-corrected chi connectivity index (χ1v) is 6.54. The number of fused-ring (bicyclic) bond motifs is 1. The highest BCUT2D eigenvalue weighted by Gasteiger charge is 2.14. The van der Waals surface area contributed by atoms with Crippen LogP contribution in [0.1, 0.15) is 19.5 Å². The molecular weight excluding hydrogens is 232 g/mol. The van der Waals surface area contributed by atoms with Gasteiger partial charge in [0.25, 0.3) is 0 Å². The summed E-state index contributed by atoms with van der Waals surface area (Å²) >= 11 is 1.57. The van der Waals surface area contributed by atoms with Gasteiger partial charge in [0, 0.05) is 5.25 Å². The Morgan fingerprint density at radius 1 is 1.12 bits per heavy atom. The van der Waals surface area contributed by atoms with E-state index in [0.29, 0.717) is 0 Å². The predicted molar refractivity (Wildman–Crippen MR) is 71.3 cm³/mol. The van der Waals surface area contributed by atoms with Crippen molar-refractivity contribution in [3.8, 4) is 0 Å². The zero-order chi connectivity index (χ0) is 12.4. The Hall–Kier alpha value is -1.13. The van der Waals surface area contributed by atoms with Crippen molar-refractivity contribution in [2.45, 2.75) is 37.2 Å². The lowest BCUT2D eigenvalue weighted by Crippen LogP contribution is -2.15. The van der Waals surface area contributed by atoms with Crippen molar-refractivity contribution >= 4 is 22.8 Å². The zero-order valence-electron chi connectivity index (χ0n) is 10.2. The van der Waals surface area contributed by atoms with Gasteiger partial charge in [0.15, 0.2) is 0 Å². The van der Waals surface area contributed by atoms with Crippen LogP contribution >= 0.6 is 11.8 Å². The maximum atomic E-state index is 9.52. The Morgan fingerprint density at radius 3 is 2.29 bits per heavy atom. The fourth-order valence-corrected chi connectivity index (χ4v) is 2.37. The highest BCUT2D eigenvalue weighted by atomic mass is 32.2. The Bertz CT molecular complexity index is 528. The molecule has 0 saturated heterocycles. The van der Waals surface area contributed by atoms with Crippen molar-refractivity contribution in [2.75, 3.05) is 0 Å². The molecule has 2 aromatic rings. The normalized spacial score (nSPS) is 14.8. The molecule has 1 heterocycles. The molecule has 0 aliphatic carbocycles. The molecule has 0 bridgehead atoms. The summed E-state index contributed by atoms with van der Waals surface area (Å²) in [5, 5.41) is 10.5. The van der Waals surface area contributed by atoms with Gasteiger partial charge in [-0.3, -0.25) is 0 Å². The second-order valence-corrected chi connectivity index (χ2v) is 5.53. The maximum Gasteiger partial charge on any atom is 0.118 e. The minimum Gasteiger partial charge on any atom is -0.392 e. The van der Waals surface area contributed by atoms with Crippen molar-refractivity contribution < 1.29 is 5.11 Å². The minimum atomic E-state index is -0.354. The van der Waals surface area contributed by atoms with Crippen LogP contribution in [-0.4, -0.2) is 26.4 Å². The molecule has 17 heavy (non-hydrogen) atoms. The summed E-state index contributed by atoms with van der Waals surface area (Å²) in [5.41, 5.74) is 2.73. The number of hydrogen-bond acceptors (Lipinski definition) is 4. The van der Waals surface area contributed by atoms with E-state index in [9.17, 15) is 5.11 Å². The van der Waals surface area contributed by atoms with Gasteiger partial charge in [-0.15, -0.1) is 0 Å². The molecule has 3 nitrogen and oxygen atoms in total. The van der Waals surface area contributed by atoms with Gasteiger partial charge in [0.2, 0.25) is 0 Å². The molecule has 1 aromatic heterocycles. The van der Waals surface area contributed by atoms with Crippen LogP contribution < -0.4 is 0 Å². The quantitative estimate of drug-likeness (QED) is 0.848. The molecule has 2 atom stereocenters. The number of thioether (sulfide) groups is 1. The lowest BCUT2D eigenvalue weighted by atomic mass is 10.3. The van der Waals surface area contributed by atoms with Gasteiger partial charge in [-0.1, -0.05) is 30.8 Å². The number of hydrogen-bond donors (Lipinski definition) is 1. The van der Waals surface area contributed by atoms with E-state index in [1.807, 2.05) is 38.1 Å². The van der Waals surface area contributed by atoms with E-state index in [1.165, 1.54) is 0 Å². The van der Waals surface area contributed by atoms with Crippen molar-refractivity contribution in [1.29, 1.82) is 0 Å². The van der Waals surface area contributed by atoms with Crippen molar-refractivity contribution in [2.24, 2.45) is 0 Å². The number of aromatic nitrogens is 2. The molecule has 2 unspecified atom stereocenters. The largest absolute Gasteiger partial charge is 0.392 e. The Balaban J connectivity index is 2.37. The monoisotopic (exact) mass is 248 g/mol. The molecule has 0 spiro atoms. The van der Waals surface area contributed by atoms with Crippen LogP contribution in [-0.2, 0) is 0 Å². The predicted octanol–water partition coefficient (Wildman–Crippen LogP) is 2.80. The first-order chi connectivity index (χ1) is 8.08. The van der Waals surface area contributed by atoms with Gasteiger partial charge in [-0.2, -0.15) is 0 Å². The standard InChI is InChI=1S/C13H16N2OS/c1-8-13(17-10(3)9(2)16)15-12-7-5-4-6-11(12)14-8/h4-7,9-10,16H,1-3H3. The lowest BCUT2D eigenvalue weighted by Gasteiger charge is -2.14. The molecule has 0 radical (unpaired) electrons. The van der Waals surface area contributed by atoms with Gasteiger partial charge < -0.3 is 5.11 Å². The van der Waals surface area contributed by atoms with Crippen molar-refractivity contribution in [3.63, 3.8) is 0 Å². The van der Waals surface area contributed by atoms with E-state index >= 15 is 0 Å². The Morgan fingerprint density at radius 2 is 1.71 bits per heavy atom. The molecule has 4 heteroatoms. The van der Waals surface area contributed by atoms with Gasteiger partial charge in [-0.25, -0.2) is 9.97 Å². The fraction of sp³-hybridized carbons (Fsp3) is 0.385. The van der Waals surface area contributed by atoms with Crippen LogP contribution in [0.5, 0.6) is 0 Å². The van der Waals surface area contributed by atoms with Crippen LogP contribution in [0.25, 0.3) is 11.0 Å². The van der Waals surface area contributed by atoms with Gasteiger partial charge in [0.1, 0.15) is 5.03 Å². The maximum absolute atomic E-state index is 9.52. The highest BCUT2D eigenvalue weighted by molar-refractivity contribution is 7.99. The summed E-state index contributed by atoms with van der Waals surface area (Å²) in [5.74, 6) is 0. The molecule has 90 valence electrons. The lowest BCUT2D eigenvalue weighted by molar-refractivity contribution is 0.196. The summed E-state index contributed by atoms with van der Waals surface area (Å²) in [6.45, 7) is 5.74. The average Bonchev–Trinajstić information content (AvgIpc) is 2.29. The number of nitrogens with zero attached hydrogens (tertiary/aromatic N) is 2. The van der Waals surface area contributed by atoms with Crippen LogP contribution in [0, 0.1) is 6.92 Å². The number of rotatable bonds is 3. The minimum absolute atomic E-state index is 0.115. The van der Waals surface area contributed by atoms with E-state index in [4.69, 9.17) is 0 Å². The van der Waals surface area contributed by atoms with Gasteiger partial charge in [-0.05, 0) is 26.0 Å². The summed E-state index contributed by atoms with van der Waals surface area (Å²) in [6, 6.07) is 7.83. The number of aliphatic hydroxyl groups is 1. The third-order valence-electron chi connectivity index (χ3n) is 2.68. The molecular formula is C13H16N2OS. The molecule has 2 rings (SSSR count). The molecule has 1 aromatic carbocycles. The third kappa shape index (κ3) is 2.76. The van der Waals surface area contributed by atoms with Gasteiger partial charge >= 0.3 is 0 Å². The van der Waals surface area contributed by atoms with Crippen LogP contribution in [0.3, 0.4) is 0 Å². The summed E-state index contributed by atoms with van der Waals surface area (Å²) < 4.78 is 0. The molecule has 0 aliphatic heterocycles. The van der Waals surface area contributed by atoms with Crippen LogP contribution in [0.4, 0.5) is 0 Å². The first kappa shape index (κ1) is 12.3. The number of para-hydroxylation sites is 2. The molecule has 0 saturated carbocycles. The van der Waals surface area contributed by atoms with Crippen LogP contribution in [0.2, 0.25) is 0 Å². The fourth-order valence-electron chi connectivity index (χ4n) is 1.46. The SMILES string of the molecule is Cc1nc2ccccc2nc1SC(C)C(C)O. The van der Waals surface area contributed by atoms with E-state index in [1.54, 1.807) is 18.7 Å². The second-order valence-electron chi connectivity index (χ2n) is 4.17. The van der Waals surface area contributed by atoms with Crippen molar-refractivity contribution in [1.82, 2.24) is 9.97 Å². The molecule has 0 fully saturated rings. The Kier molecular flexibility index (Phi) is 3.64. The topological polar surface area (TPSA) is 46.0 Å². The average molecular weight is 248 g/mol. The summed E-state index contributed by atoms with van der Waals surface area (Å²) in [4.78, 5) is 9.11. The second kappa shape index (κ2) is 5.02. The smallest absolute Gasteiger partial charge is 0.118 e. The van der Waals surface area contributed by atoms with Crippen molar-refractivity contribution in [3.05, 3.63) is 30.0 Å². The van der Waals surface area contributed by atoms with E-state index < -0.39 is 0 Å². The highest BCUT2D eigenvalue weighted by Crippen LogP contribution is 2.27. The Labute approximate surface area is 105 Å². The molecule has 1 N–H and O–H groups in total. The number of benzene rings is 1. The first-order valence-electron chi connectivity index (χ1n) is 5.66. The zero-order valence-corrected chi connectivity index (χ0v) is 11.0. The third-order valence-corrected chi connectivity index (χ3v) is 4.05. The van der Waals surface area contributed by atoms with E-state index in [2.05, 4.69) is 9.97 Å². The van der Waals surface area contributed by atoms with Crippen LogP contribution in [0.15, 0.2) is 29.3 Å². The molecule has 0 amide bonds. The number of aryl methyl sites for hydroxylation is 1. The number of aliphatic hydroxyl groups excluding tert-OH is 1. The summed E-state index contributed by atoms with van der Waals surface area (Å²) in [7, 11) is 0. The summed E-state index contributed by atoms with van der Waals surface area (Å²) in [6.07, 6.45) is -0.354. The van der Waals surface area contributed by atoms with Gasteiger partial charge in [0.05, 0.1) is 22.8 Å². The van der Waals surface area contributed by atoms with E-state index in [0.717, 1.165) is 21.8 Å².